The largest absolute Gasteiger partial charge is 0.480 e. The van der Waals surface area contributed by atoms with Gasteiger partial charge in [-0.2, -0.15) is 21.7 Å². The summed E-state index contributed by atoms with van der Waals surface area (Å²) in [4.78, 5) is 148. The maximum absolute atomic E-state index is 14.7. The van der Waals surface area contributed by atoms with Gasteiger partial charge in [0, 0.05) is 42.9 Å². The zero-order valence-electron chi connectivity index (χ0n) is 68.8. The number of carboxylic acids is 1. The van der Waals surface area contributed by atoms with E-state index in [2.05, 4.69) is 67.6 Å². The Morgan fingerprint density at radius 1 is 0.496 bits per heavy atom. The number of aliphatic hydroxyl groups excluding tert-OH is 1. The number of ether oxygens (including phenoxy) is 2. The molecule has 0 fully saturated rings. The van der Waals surface area contributed by atoms with Crippen LogP contribution in [0.5, 0.6) is 0 Å². The number of ketones is 1. The van der Waals surface area contributed by atoms with E-state index in [0.29, 0.717) is 106 Å². The van der Waals surface area contributed by atoms with Crippen LogP contribution in [-0.2, 0) is 54.4 Å². The average Bonchev–Trinajstić information content (AvgIpc) is 1.64. The van der Waals surface area contributed by atoms with E-state index in [9.17, 15) is 58.2 Å². The van der Waals surface area contributed by atoms with Crippen LogP contribution in [0, 0.1) is 0 Å². The lowest BCUT2D eigenvalue weighted by molar-refractivity contribution is -0.157. The Morgan fingerprint density at radius 2 is 0.903 bits per heavy atom. The number of nitrogens with one attached hydrogen (secondary N) is 7. The Balaban J connectivity index is 1.77. The number of carbonyl (C=O) groups is 9. The first-order chi connectivity index (χ1) is 54.7. The molecule has 0 aliphatic rings. The minimum absolute atomic E-state index is 0.0362. The Labute approximate surface area is 676 Å². The molecule has 0 spiro atoms. The Bertz CT molecular complexity index is 3220. The summed E-state index contributed by atoms with van der Waals surface area (Å²) in [5.41, 5.74) is 31.3. The fourth-order valence-corrected chi connectivity index (χ4v) is 14.3. The van der Waals surface area contributed by atoms with Gasteiger partial charge in [-0.15, -0.1) is 0 Å². The number of fused-ring (bicyclic) bond motifs is 1. The first-order valence-corrected chi connectivity index (χ1v) is 44.2. The molecule has 0 saturated heterocycles. The minimum Gasteiger partial charge on any atom is -0.480 e. The summed E-state index contributed by atoms with van der Waals surface area (Å²) in [7, 11) is 0. The van der Waals surface area contributed by atoms with Crippen LogP contribution in [0.2, 0.25) is 0 Å². The van der Waals surface area contributed by atoms with Gasteiger partial charge in [0.05, 0.1) is 19.2 Å². The monoisotopic (exact) mass is 1610 g/mol. The molecule has 0 aliphatic heterocycles. The number of nitrogens with two attached hydrogens (primary N) is 5. The third kappa shape index (κ3) is 44.4. The Kier molecular flexibility index (Phi) is 55.7. The first-order valence-electron chi connectivity index (χ1n) is 43.0. The standard InChI is InChI=1S/C83H145N15O14S/c1-4-7-10-12-14-16-18-20-22-24-26-28-33-46-71(101)111-58-63(112-72(102)47-34-29-27-25-23-21-19-17-15-13-11-8-5-2)59-113-60-64(87)76(103)94-69(57-99)80(107)92-65(77(104)90-66(42-35-38-52-84)78(105)91-67(43-36-39-53-85)79(106)93-68(81(108)109)44-37-40-54-86)41-31-30-32-45-70(100)62-50-48-61(49-51-62)56-98-75-73(95-83(98)110)74(88)96-82(97-75)89-55-9-6-3/h48-51,63-69,99H,4-47,52-60,84-87H2,1-3H3,(H,90,104)(H,91,105)(H,92,107)(H,93,106)(H,94,103)(H,95,110)(H,108,109)(H3,88,89,96,97)/t63?,64-,65-,66-,67-,68-,69-/m0/s1. The van der Waals surface area contributed by atoms with Gasteiger partial charge in [0.25, 0.3) is 0 Å². The third-order valence-corrected chi connectivity index (χ3v) is 21.5. The van der Waals surface area contributed by atoms with Gasteiger partial charge in [-0.1, -0.05) is 218 Å². The van der Waals surface area contributed by atoms with Gasteiger partial charge < -0.3 is 85.2 Å². The molecule has 3 rings (SSSR count). The number of aromatic nitrogens is 4. The molecule has 1 unspecified atom stereocenters. The number of hydrogen-bond donors (Lipinski definition) is 14. The number of nitrogen functional groups attached to an aromatic ring is 1. The van der Waals surface area contributed by atoms with Gasteiger partial charge in [0.2, 0.25) is 35.5 Å². The molecule has 29 nitrogen and oxygen atoms in total. The summed E-state index contributed by atoms with van der Waals surface area (Å²) < 4.78 is 13.0. The molecule has 0 radical (unpaired) electrons. The van der Waals surface area contributed by atoms with E-state index < -0.39 is 102 Å². The maximum Gasteiger partial charge on any atom is 0.328 e. The van der Waals surface area contributed by atoms with Gasteiger partial charge in [-0.3, -0.25) is 42.9 Å². The van der Waals surface area contributed by atoms with E-state index in [1.807, 2.05) is 0 Å². The number of aliphatic hydroxyl groups is 1. The van der Waals surface area contributed by atoms with Gasteiger partial charge in [-0.25, -0.2) is 9.59 Å². The zero-order valence-corrected chi connectivity index (χ0v) is 69.6. The number of aromatic amines is 1. The lowest BCUT2D eigenvalue weighted by atomic mass is 10.0. The third-order valence-electron chi connectivity index (χ3n) is 20.3. The molecule has 0 bridgehead atoms. The predicted octanol–water partition coefficient (Wildman–Crippen LogP) is 10.5. The van der Waals surface area contributed by atoms with Crippen molar-refractivity contribution >= 4 is 87.9 Å². The summed E-state index contributed by atoms with van der Waals surface area (Å²) in [6.07, 6.45) is 35.5. The molecule has 113 heavy (non-hydrogen) atoms. The summed E-state index contributed by atoms with van der Waals surface area (Å²) in [6.45, 7) is 7.02. The second-order valence-electron chi connectivity index (χ2n) is 30.3. The highest BCUT2D eigenvalue weighted by atomic mass is 32.2. The molecule has 1 aromatic carbocycles. The van der Waals surface area contributed by atoms with E-state index in [4.69, 9.17) is 38.1 Å². The van der Waals surface area contributed by atoms with Gasteiger partial charge in [-0.05, 0) is 115 Å². The maximum atomic E-state index is 14.7. The Hall–Kier alpha value is -7.25. The normalized spacial score (nSPS) is 13.3. The summed E-state index contributed by atoms with van der Waals surface area (Å²) in [5.74, 6) is -5.89. The highest BCUT2D eigenvalue weighted by Gasteiger charge is 2.33. The average molecular weight is 1610 g/mol. The Morgan fingerprint density at radius 3 is 1.36 bits per heavy atom. The van der Waals surface area contributed by atoms with Gasteiger partial charge in [0.1, 0.15) is 48.4 Å². The number of anilines is 2. The quantitative estimate of drug-likeness (QED) is 0.0142. The SMILES string of the molecule is CCCCCCCCCCCCCCCC(=O)OCC(CSC[C@H](N)C(=O)N[C@@H](CO)C(=O)N[C@@H](CCCCCC(=O)c1ccc(Cn2c(=O)[nH]c3c(N)nc(NCCCC)nc32)cc1)C(=O)N[C@@H](CCCCN)C(=O)N[C@@H](CCCCN)C(=O)N[C@@H](CCCCN)C(=O)O)OC(=O)CCCCCCCCCCCCCCC. The number of hydrogen-bond acceptors (Lipinski definition) is 22. The van der Waals surface area contributed by atoms with Crippen LogP contribution in [0.15, 0.2) is 29.1 Å². The van der Waals surface area contributed by atoms with Crippen molar-refractivity contribution < 1.29 is 62.8 Å². The molecular weight excluding hydrogens is 1460 g/mol. The molecule has 5 amide bonds. The van der Waals surface area contributed by atoms with Crippen LogP contribution < -0.4 is 66.3 Å². The summed E-state index contributed by atoms with van der Waals surface area (Å²) in [6, 6.07) is -1.28. The second kappa shape index (κ2) is 63.0. The molecule has 0 aliphatic carbocycles. The van der Waals surface area contributed by atoms with Crippen LogP contribution in [0.25, 0.3) is 11.2 Å². The molecule has 3 aromatic rings. The molecule has 30 heteroatoms. The molecule has 2 aromatic heterocycles. The number of carbonyl (C=O) groups excluding carboxylic acids is 8. The van der Waals surface area contributed by atoms with Crippen molar-refractivity contribution in [3.05, 3.63) is 45.9 Å². The lowest BCUT2D eigenvalue weighted by Crippen LogP contribution is -2.59. The number of Topliss-reactive ketones (excluding diaryl/α,β-unsaturated/α-hetero) is 1. The lowest BCUT2D eigenvalue weighted by Gasteiger charge is -2.27. The number of imidazole rings is 1. The first kappa shape index (κ1) is 99.9. The van der Waals surface area contributed by atoms with Crippen LogP contribution in [0.1, 0.15) is 319 Å². The number of benzene rings is 1. The van der Waals surface area contributed by atoms with Crippen LogP contribution in [0.3, 0.4) is 0 Å². The number of thioether (sulfide) groups is 1. The van der Waals surface area contributed by atoms with Crippen LogP contribution >= 0.6 is 11.8 Å². The molecule has 0 saturated carbocycles. The number of carboxylic acid groups (broad SMARTS) is 1. The van der Waals surface area contributed by atoms with Gasteiger partial charge in [0.15, 0.2) is 17.2 Å². The molecule has 7 atom stereocenters. The van der Waals surface area contributed by atoms with Crippen LogP contribution in [-0.4, -0.2) is 176 Å². The minimum atomic E-state index is -1.63. The van der Waals surface area contributed by atoms with Crippen molar-refractivity contribution in [2.24, 2.45) is 22.9 Å². The fraction of sp³-hybridized carbons (Fsp3) is 0.759. The second-order valence-corrected chi connectivity index (χ2v) is 31.3. The number of esters is 2. The predicted molar refractivity (Wildman–Crippen MR) is 449 cm³/mol. The van der Waals surface area contributed by atoms with Crippen molar-refractivity contribution in [1.82, 2.24) is 46.1 Å². The van der Waals surface area contributed by atoms with E-state index in [-0.39, 0.29) is 101 Å². The number of rotatable bonds is 72. The van der Waals surface area contributed by atoms with Gasteiger partial charge >= 0.3 is 23.6 Å². The molecule has 19 N–H and O–H groups in total. The van der Waals surface area contributed by atoms with E-state index in [0.717, 1.165) is 51.4 Å². The topological polar surface area (TPSA) is 478 Å². The number of unbranched alkanes of at least 4 members (excludes halogenated alkanes) is 30. The number of amides is 5. The van der Waals surface area contributed by atoms with E-state index >= 15 is 0 Å². The van der Waals surface area contributed by atoms with Crippen LogP contribution in [0.4, 0.5) is 11.8 Å². The summed E-state index contributed by atoms with van der Waals surface area (Å²) >= 11 is 1.18. The highest BCUT2D eigenvalue weighted by Crippen LogP contribution is 2.22. The van der Waals surface area contributed by atoms with E-state index in [1.165, 1.54) is 132 Å². The van der Waals surface area contributed by atoms with Crippen molar-refractivity contribution in [2.75, 3.05) is 61.9 Å². The van der Waals surface area contributed by atoms with Crippen molar-refractivity contribution in [3.63, 3.8) is 0 Å². The van der Waals surface area contributed by atoms with E-state index in [1.54, 1.807) is 24.3 Å². The fourth-order valence-electron chi connectivity index (χ4n) is 13.3. The molecular formula is C83H145N15O14S. The number of nitrogens with zero attached hydrogens (tertiary/aromatic N) is 3. The number of H-pyrrole nitrogens is 1. The van der Waals surface area contributed by atoms with Crippen molar-refractivity contribution in [3.8, 4) is 0 Å². The smallest absolute Gasteiger partial charge is 0.328 e. The van der Waals surface area contributed by atoms with Crippen molar-refractivity contribution in [2.45, 2.75) is 352 Å². The number of aliphatic carboxylic acids is 1. The molecule has 2 heterocycles. The zero-order chi connectivity index (χ0) is 82.6. The summed E-state index contributed by atoms with van der Waals surface area (Å²) in [5, 5.41) is 37.0. The molecule has 642 valence electrons. The highest BCUT2D eigenvalue weighted by molar-refractivity contribution is 7.99. The van der Waals surface area contributed by atoms with Crippen molar-refractivity contribution in [1.29, 1.82) is 0 Å².